The molecular weight excluding hydrogens is 228 g/mol. The number of nitrogens with one attached hydrogen (secondary N) is 1. The molecule has 4 nitrogen and oxygen atoms in total. The summed E-state index contributed by atoms with van der Waals surface area (Å²) in [4.78, 5) is 18.2. The highest BCUT2D eigenvalue weighted by atomic mass is 16.5. The zero-order valence-corrected chi connectivity index (χ0v) is 10.7. The highest BCUT2D eigenvalue weighted by Crippen LogP contribution is 2.21. The van der Waals surface area contributed by atoms with Crippen LogP contribution in [0.1, 0.15) is 35.9 Å². The lowest BCUT2D eigenvalue weighted by Crippen LogP contribution is -2.03. The van der Waals surface area contributed by atoms with E-state index in [1.54, 1.807) is 6.20 Å². The number of aromatic nitrogens is 2. The average molecular weight is 244 g/mol. The zero-order valence-electron chi connectivity index (χ0n) is 10.7. The van der Waals surface area contributed by atoms with E-state index in [0.29, 0.717) is 5.92 Å². The van der Waals surface area contributed by atoms with Gasteiger partial charge in [-0.25, -0.2) is 9.78 Å². The van der Waals surface area contributed by atoms with Gasteiger partial charge in [0.05, 0.1) is 19.0 Å². The number of carbonyl (C=O) groups is 1. The van der Waals surface area contributed by atoms with Gasteiger partial charge >= 0.3 is 5.97 Å². The summed E-state index contributed by atoms with van der Waals surface area (Å²) < 4.78 is 4.60. The first kappa shape index (κ1) is 12.4. The van der Waals surface area contributed by atoms with E-state index in [1.165, 1.54) is 12.7 Å². The molecule has 0 unspecified atom stereocenters. The molecule has 0 atom stereocenters. The van der Waals surface area contributed by atoms with E-state index in [0.717, 1.165) is 11.3 Å². The second-order valence-electron chi connectivity index (χ2n) is 4.41. The van der Waals surface area contributed by atoms with Gasteiger partial charge in [0, 0.05) is 0 Å². The molecule has 4 heteroatoms. The number of rotatable bonds is 3. The fraction of sp³-hybridized carbons (Fsp3) is 0.286. The number of nitrogens with zero attached hydrogens (tertiary/aromatic N) is 1. The molecule has 1 heterocycles. The number of methoxy groups -OCH3 is 1. The minimum Gasteiger partial charge on any atom is -0.463 e. The molecule has 0 saturated carbocycles. The molecule has 0 radical (unpaired) electrons. The molecule has 0 fully saturated rings. The van der Waals surface area contributed by atoms with Crippen molar-refractivity contribution in [1.29, 1.82) is 0 Å². The van der Waals surface area contributed by atoms with E-state index >= 15 is 0 Å². The molecule has 0 saturated heterocycles. The summed E-state index contributed by atoms with van der Waals surface area (Å²) in [5.41, 5.74) is 3.10. The summed E-state index contributed by atoms with van der Waals surface area (Å²) in [6, 6.07) is 8.20. The van der Waals surface area contributed by atoms with E-state index in [2.05, 4.69) is 40.7 Å². The Morgan fingerprint density at radius 2 is 1.94 bits per heavy atom. The monoisotopic (exact) mass is 244 g/mol. The van der Waals surface area contributed by atoms with Crippen LogP contribution in [0.4, 0.5) is 0 Å². The minimum atomic E-state index is -0.458. The third-order valence-corrected chi connectivity index (χ3v) is 2.84. The zero-order chi connectivity index (χ0) is 13.1. The molecule has 0 aliphatic heterocycles. The SMILES string of the molecule is COC(=O)c1ncc(-c2ccc(C(C)C)cc2)[nH]1. The van der Waals surface area contributed by atoms with Crippen LogP contribution < -0.4 is 0 Å². The van der Waals surface area contributed by atoms with Gasteiger partial charge < -0.3 is 9.72 Å². The molecule has 0 aliphatic carbocycles. The second-order valence-corrected chi connectivity index (χ2v) is 4.41. The maximum absolute atomic E-state index is 11.3. The van der Waals surface area contributed by atoms with Crippen LogP contribution in [0, 0.1) is 0 Å². The summed E-state index contributed by atoms with van der Waals surface area (Å²) >= 11 is 0. The fourth-order valence-electron chi connectivity index (χ4n) is 1.72. The number of H-pyrrole nitrogens is 1. The molecule has 2 aromatic rings. The number of ether oxygens (including phenoxy) is 1. The Hall–Kier alpha value is -2.10. The largest absolute Gasteiger partial charge is 0.463 e. The lowest BCUT2D eigenvalue weighted by atomic mass is 10.0. The van der Waals surface area contributed by atoms with Crippen LogP contribution in [0.3, 0.4) is 0 Å². The van der Waals surface area contributed by atoms with Gasteiger partial charge in [0.15, 0.2) is 0 Å². The molecule has 94 valence electrons. The Morgan fingerprint density at radius 1 is 1.28 bits per heavy atom. The molecule has 0 bridgehead atoms. The average Bonchev–Trinajstić information content (AvgIpc) is 2.87. The Labute approximate surface area is 106 Å². The number of imidazole rings is 1. The first-order valence-corrected chi connectivity index (χ1v) is 5.85. The smallest absolute Gasteiger partial charge is 0.374 e. The van der Waals surface area contributed by atoms with Gasteiger partial charge in [-0.2, -0.15) is 0 Å². The van der Waals surface area contributed by atoms with Gasteiger partial charge in [-0.3, -0.25) is 0 Å². The van der Waals surface area contributed by atoms with Crippen molar-refractivity contribution in [2.45, 2.75) is 19.8 Å². The van der Waals surface area contributed by atoms with Crippen LogP contribution in [0.5, 0.6) is 0 Å². The first-order chi connectivity index (χ1) is 8.61. The Balaban J connectivity index is 2.26. The van der Waals surface area contributed by atoms with E-state index in [-0.39, 0.29) is 5.82 Å². The fourth-order valence-corrected chi connectivity index (χ4v) is 1.72. The summed E-state index contributed by atoms with van der Waals surface area (Å²) in [6.07, 6.45) is 1.64. The van der Waals surface area contributed by atoms with Gasteiger partial charge in [-0.05, 0) is 17.0 Å². The van der Waals surface area contributed by atoms with Crippen LogP contribution >= 0.6 is 0 Å². The molecule has 0 spiro atoms. The summed E-state index contributed by atoms with van der Waals surface area (Å²) in [5, 5.41) is 0. The number of aromatic amines is 1. The molecule has 1 aromatic carbocycles. The summed E-state index contributed by atoms with van der Waals surface area (Å²) in [6.45, 7) is 4.31. The summed E-state index contributed by atoms with van der Waals surface area (Å²) in [7, 11) is 1.34. The third-order valence-electron chi connectivity index (χ3n) is 2.84. The predicted molar refractivity (Wildman–Crippen MR) is 69.5 cm³/mol. The third kappa shape index (κ3) is 2.42. The van der Waals surface area contributed by atoms with E-state index in [4.69, 9.17) is 0 Å². The molecule has 18 heavy (non-hydrogen) atoms. The van der Waals surface area contributed by atoms with Crippen molar-refractivity contribution in [3.05, 3.63) is 41.9 Å². The first-order valence-electron chi connectivity index (χ1n) is 5.85. The number of benzene rings is 1. The lowest BCUT2D eigenvalue weighted by molar-refractivity contribution is 0.0588. The van der Waals surface area contributed by atoms with Gasteiger partial charge in [0.2, 0.25) is 5.82 Å². The van der Waals surface area contributed by atoms with Gasteiger partial charge in [0.1, 0.15) is 0 Å². The molecule has 0 aliphatic rings. The van der Waals surface area contributed by atoms with Crippen LogP contribution in [-0.4, -0.2) is 23.0 Å². The normalized spacial score (nSPS) is 10.7. The lowest BCUT2D eigenvalue weighted by Gasteiger charge is -2.05. The van der Waals surface area contributed by atoms with Crippen LogP contribution in [0.25, 0.3) is 11.3 Å². The van der Waals surface area contributed by atoms with Crippen molar-refractivity contribution in [1.82, 2.24) is 9.97 Å². The number of hydrogen-bond donors (Lipinski definition) is 1. The maximum Gasteiger partial charge on any atom is 0.374 e. The topological polar surface area (TPSA) is 55.0 Å². The van der Waals surface area contributed by atoms with Crippen LogP contribution in [0.2, 0.25) is 0 Å². The number of hydrogen-bond acceptors (Lipinski definition) is 3. The van der Waals surface area contributed by atoms with Crippen molar-refractivity contribution in [3.8, 4) is 11.3 Å². The molecule has 2 rings (SSSR count). The van der Waals surface area contributed by atoms with Gasteiger partial charge in [-0.15, -0.1) is 0 Å². The Bertz CT molecular complexity index is 541. The second kappa shape index (κ2) is 5.04. The summed E-state index contributed by atoms with van der Waals surface area (Å²) in [5.74, 6) is 0.270. The van der Waals surface area contributed by atoms with Gasteiger partial charge in [-0.1, -0.05) is 38.1 Å². The highest BCUT2D eigenvalue weighted by Gasteiger charge is 2.11. The molecule has 1 N–H and O–H groups in total. The van der Waals surface area contributed by atoms with E-state index < -0.39 is 5.97 Å². The van der Waals surface area contributed by atoms with Gasteiger partial charge in [0.25, 0.3) is 0 Å². The van der Waals surface area contributed by atoms with Crippen molar-refractivity contribution < 1.29 is 9.53 Å². The maximum atomic E-state index is 11.3. The quantitative estimate of drug-likeness (QED) is 0.844. The van der Waals surface area contributed by atoms with Crippen LogP contribution in [-0.2, 0) is 4.74 Å². The van der Waals surface area contributed by atoms with Crippen molar-refractivity contribution in [2.75, 3.05) is 7.11 Å². The minimum absolute atomic E-state index is 0.223. The van der Waals surface area contributed by atoms with E-state index in [1.807, 2.05) is 12.1 Å². The highest BCUT2D eigenvalue weighted by molar-refractivity contribution is 5.86. The van der Waals surface area contributed by atoms with Crippen molar-refractivity contribution in [3.63, 3.8) is 0 Å². The number of carbonyl (C=O) groups excluding carboxylic acids is 1. The molecular formula is C14H16N2O2. The predicted octanol–water partition coefficient (Wildman–Crippen LogP) is 2.99. The van der Waals surface area contributed by atoms with Crippen LogP contribution in [0.15, 0.2) is 30.5 Å². The van der Waals surface area contributed by atoms with E-state index in [9.17, 15) is 4.79 Å². The Kier molecular flexibility index (Phi) is 3.46. The molecule has 1 aromatic heterocycles. The standard InChI is InChI=1S/C14H16N2O2/c1-9(2)10-4-6-11(7-5-10)12-8-15-13(16-12)14(17)18-3/h4-9H,1-3H3,(H,15,16). The van der Waals surface area contributed by atoms with Crippen molar-refractivity contribution >= 4 is 5.97 Å². The van der Waals surface area contributed by atoms with Crippen molar-refractivity contribution in [2.24, 2.45) is 0 Å². The number of esters is 1. The molecule has 0 amide bonds. The Morgan fingerprint density at radius 3 is 2.50 bits per heavy atom.